The lowest BCUT2D eigenvalue weighted by atomic mass is 10.0. The number of benzene rings is 2. The summed E-state index contributed by atoms with van der Waals surface area (Å²) in [4.78, 5) is 37.6. The second-order valence-corrected chi connectivity index (χ2v) is 6.56. The molecule has 1 heterocycles. The largest absolute Gasteiger partial charge is 0.345 e. The quantitative estimate of drug-likeness (QED) is 0.830. The third-order valence-corrected chi connectivity index (χ3v) is 4.97. The summed E-state index contributed by atoms with van der Waals surface area (Å²) < 4.78 is 0. The number of fused-ring (bicyclic) bond motifs is 1. The van der Waals surface area contributed by atoms with Crippen molar-refractivity contribution in [3.8, 4) is 0 Å². The first-order chi connectivity index (χ1) is 12.6. The average molecular weight is 349 g/mol. The van der Waals surface area contributed by atoms with Crippen LogP contribution in [-0.2, 0) is 17.8 Å². The van der Waals surface area contributed by atoms with Gasteiger partial charge in [0.15, 0.2) is 0 Å². The molecule has 0 radical (unpaired) electrons. The van der Waals surface area contributed by atoms with Crippen molar-refractivity contribution in [3.05, 3.63) is 70.8 Å². The molecule has 2 aromatic rings. The van der Waals surface area contributed by atoms with E-state index < -0.39 is 6.03 Å². The number of carbonyl (C=O) groups excluding carboxylic acids is 3. The standard InChI is InChI=1S/C20H19N3O3/c24-18-11-21-20(26)23(18)12-14-6-2-4-8-16(14)19(25)22-17-10-9-13-5-1-3-7-15(13)17/h1-8,17H,9-12H2,(H,21,26)(H,22,25)/t17-/m0/s1. The molecule has 1 aliphatic heterocycles. The average Bonchev–Trinajstić information content (AvgIpc) is 3.20. The summed E-state index contributed by atoms with van der Waals surface area (Å²) in [5.74, 6) is -0.468. The predicted octanol–water partition coefficient (Wildman–Crippen LogP) is 2.16. The molecule has 132 valence electrons. The molecule has 26 heavy (non-hydrogen) atoms. The molecule has 0 saturated carbocycles. The fourth-order valence-electron chi connectivity index (χ4n) is 3.61. The minimum atomic E-state index is -0.421. The van der Waals surface area contributed by atoms with Gasteiger partial charge in [0.2, 0.25) is 5.91 Å². The number of nitrogens with one attached hydrogen (secondary N) is 2. The van der Waals surface area contributed by atoms with Gasteiger partial charge in [0.25, 0.3) is 5.91 Å². The highest BCUT2D eigenvalue weighted by Crippen LogP contribution is 2.31. The van der Waals surface area contributed by atoms with Crippen LogP contribution >= 0.6 is 0 Å². The summed E-state index contributed by atoms with van der Waals surface area (Å²) in [5.41, 5.74) is 3.57. The lowest BCUT2D eigenvalue weighted by Gasteiger charge is -2.18. The van der Waals surface area contributed by atoms with E-state index in [0.29, 0.717) is 11.1 Å². The molecule has 2 aliphatic rings. The SMILES string of the molecule is O=C(N[C@H]1CCc2ccccc21)c1ccccc1CN1C(=O)CNC1=O. The van der Waals surface area contributed by atoms with Crippen LogP contribution in [0.1, 0.15) is 39.5 Å². The number of imide groups is 1. The van der Waals surface area contributed by atoms with E-state index in [9.17, 15) is 14.4 Å². The molecule has 1 saturated heterocycles. The summed E-state index contributed by atoms with van der Waals surface area (Å²) in [6.45, 7) is 0.0988. The first kappa shape index (κ1) is 16.3. The van der Waals surface area contributed by atoms with E-state index in [2.05, 4.69) is 16.7 Å². The van der Waals surface area contributed by atoms with Crippen LogP contribution in [0.4, 0.5) is 4.79 Å². The van der Waals surface area contributed by atoms with Gasteiger partial charge in [-0.15, -0.1) is 0 Å². The van der Waals surface area contributed by atoms with Crippen molar-refractivity contribution in [2.24, 2.45) is 0 Å². The lowest BCUT2D eigenvalue weighted by molar-refractivity contribution is -0.125. The summed E-state index contributed by atoms with van der Waals surface area (Å²) in [5, 5.41) is 5.59. The number of carbonyl (C=O) groups is 3. The van der Waals surface area contributed by atoms with Gasteiger partial charge in [0.05, 0.1) is 19.1 Å². The molecule has 1 atom stereocenters. The third-order valence-electron chi connectivity index (χ3n) is 4.97. The van der Waals surface area contributed by atoms with Crippen LogP contribution in [-0.4, -0.2) is 29.3 Å². The Morgan fingerprint density at radius 1 is 1.12 bits per heavy atom. The molecule has 6 heteroatoms. The minimum absolute atomic E-state index is 0.00601. The van der Waals surface area contributed by atoms with Gasteiger partial charge in [-0.05, 0) is 35.6 Å². The Morgan fingerprint density at radius 2 is 1.88 bits per heavy atom. The summed E-state index contributed by atoms with van der Waals surface area (Å²) in [7, 11) is 0. The van der Waals surface area contributed by atoms with E-state index in [1.54, 1.807) is 24.3 Å². The fourth-order valence-corrected chi connectivity index (χ4v) is 3.61. The zero-order chi connectivity index (χ0) is 18.1. The highest BCUT2D eigenvalue weighted by molar-refractivity contribution is 6.02. The van der Waals surface area contributed by atoms with Crippen molar-refractivity contribution in [1.29, 1.82) is 0 Å². The van der Waals surface area contributed by atoms with Gasteiger partial charge in [0, 0.05) is 5.56 Å². The Kier molecular flexibility index (Phi) is 4.16. The van der Waals surface area contributed by atoms with Gasteiger partial charge in [-0.25, -0.2) is 4.79 Å². The van der Waals surface area contributed by atoms with Crippen molar-refractivity contribution in [1.82, 2.24) is 15.5 Å². The number of urea groups is 1. The van der Waals surface area contributed by atoms with Crippen molar-refractivity contribution in [2.45, 2.75) is 25.4 Å². The Bertz CT molecular complexity index is 877. The van der Waals surface area contributed by atoms with Gasteiger partial charge >= 0.3 is 6.03 Å². The molecule has 1 aliphatic carbocycles. The normalized spacial score (nSPS) is 18.6. The van der Waals surface area contributed by atoms with E-state index in [-0.39, 0.29) is 30.9 Å². The van der Waals surface area contributed by atoms with Gasteiger partial charge in [0.1, 0.15) is 0 Å². The second-order valence-electron chi connectivity index (χ2n) is 6.56. The minimum Gasteiger partial charge on any atom is -0.345 e. The Labute approximate surface area is 151 Å². The topological polar surface area (TPSA) is 78.5 Å². The number of aryl methyl sites for hydroxylation is 1. The molecule has 4 rings (SSSR count). The molecule has 2 N–H and O–H groups in total. The van der Waals surface area contributed by atoms with E-state index in [4.69, 9.17) is 0 Å². The summed E-state index contributed by atoms with van der Waals surface area (Å²) in [6.07, 6.45) is 1.82. The van der Waals surface area contributed by atoms with E-state index >= 15 is 0 Å². The van der Waals surface area contributed by atoms with Gasteiger partial charge in [-0.2, -0.15) is 0 Å². The maximum atomic E-state index is 12.9. The molecule has 0 bridgehead atoms. The predicted molar refractivity (Wildman–Crippen MR) is 95.4 cm³/mol. The summed E-state index contributed by atoms with van der Waals surface area (Å²) in [6, 6.07) is 14.8. The molecule has 2 aromatic carbocycles. The number of nitrogens with zero attached hydrogens (tertiary/aromatic N) is 1. The van der Waals surface area contributed by atoms with Crippen molar-refractivity contribution in [2.75, 3.05) is 6.54 Å². The van der Waals surface area contributed by atoms with Crippen LogP contribution in [0.3, 0.4) is 0 Å². The van der Waals surface area contributed by atoms with E-state index in [1.165, 1.54) is 5.56 Å². The Hall–Kier alpha value is -3.15. The van der Waals surface area contributed by atoms with Gasteiger partial charge < -0.3 is 10.6 Å². The van der Waals surface area contributed by atoms with Crippen LogP contribution in [0.2, 0.25) is 0 Å². The van der Waals surface area contributed by atoms with Crippen molar-refractivity contribution >= 4 is 17.8 Å². The third kappa shape index (κ3) is 2.94. The number of hydrogen-bond donors (Lipinski definition) is 2. The number of amides is 4. The van der Waals surface area contributed by atoms with Crippen LogP contribution in [0.25, 0.3) is 0 Å². The van der Waals surface area contributed by atoms with Crippen molar-refractivity contribution in [3.63, 3.8) is 0 Å². The zero-order valence-corrected chi connectivity index (χ0v) is 14.2. The molecule has 0 spiro atoms. The highest BCUT2D eigenvalue weighted by atomic mass is 16.2. The van der Waals surface area contributed by atoms with Crippen molar-refractivity contribution < 1.29 is 14.4 Å². The molecule has 0 unspecified atom stereocenters. The monoisotopic (exact) mass is 349 g/mol. The van der Waals surface area contributed by atoms with Gasteiger partial charge in [-0.3, -0.25) is 14.5 Å². The van der Waals surface area contributed by atoms with Crippen LogP contribution in [0.5, 0.6) is 0 Å². The first-order valence-electron chi connectivity index (χ1n) is 8.68. The molecule has 6 nitrogen and oxygen atoms in total. The number of rotatable bonds is 4. The van der Waals surface area contributed by atoms with E-state index in [1.807, 2.05) is 18.2 Å². The maximum absolute atomic E-state index is 12.9. The lowest BCUT2D eigenvalue weighted by Crippen LogP contribution is -2.32. The molecule has 0 aromatic heterocycles. The zero-order valence-electron chi connectivity index (χ0n) is 14.2. The number of hydrogen-bond acceptors (Lipinski definition) is 3. The molecular formula is C20H19N3O3. The van der Waals surface area contributed by atoms with Crippen LogP contribution < -0.4 is 10.6 Å². The molecule has 1 fully saturated rings. The fraction of sp³-hybridized carbons (Fsp3) is 0.250. The smallest absolute Gasteiger partial charge is 0.324 e. The molecule has 4 amide bonds. The second kappa shape index (κ2) is 6.63. The summed E-state index contributed by atoms with van der Waals surface area (Å²) >= 11 is 0. The highest BCUT2D eigenvalue weighted by Gasteiger charge is 2.30. The van der Waals surface area contributed by atoms with Gasteiger partial charge in [-0.1, -0.05) is 42.5 Å². The Balaban J connectivity index is 1.54. The first-order valence-corrected chi connectivity index (χ1v) is 8.68. The van der Waals surface area contributed by atoms with Crippen LogP contribution in [0.15, 0.2) is 48.5 Å². The Morgan fingerprint density at radius 3 is 2.69 bits per heavy atom. The molecular weight excluding hydrogens is 330 g/mol. The van der Waals surface area contributed by atoms with Crippen LogP contribution in [0, 0.1) is 0 Å². The van der Waals surface area contributed by atoms with E-state index in [0.717, 1.165) is 23.3 Å². The maximum Gasteiger partial charge on any atom is 0.324 e.